The number of anilines is 1. The Morgan fingerprint density at radius 1 is 1.24 bits per heavy atom. The molecule has 1 saturated heterocycles. The van der Waals surface area contributed by atoms with E-state index in [2.05, 4.69) is 29.8 Å². The van der Waals surface area contributed by atoms with Gasteiger partial charge in [0.1, 0.15) is 4.90 Å². The molecule has 1 aromatic carbocycles. The van der Waals surface area contributed by atoms with Crippen LogP contribution < -0.4 is 5.73 Å². The van der Waals surface area contributed by atoms with E-state index in [0.717, 1.165) is 30.2 Å². The van der Waals surface area contributed by atoms with Crippen LogP contribution in [0.2, 0.25) is 0 Å². The minimum atomic E-state index is -3.49. The van der Waals surface area contributed by atoms with Crippen LogP contribution in [0.4, 0.5) is 5.69 Å². The van der Waals surface area contributed by atoms with Crippen LogP contribution in [0.15, 0.2) is 27.6 Å². The van der Waals surface area contributed by atoms with Crippen molar-refractivity contribution in [3.8, 4) is 0 Å². The Kier molecular flexibility index (Phi) is 5.00. The monoisotopic (exact) mass is 374 g/mol. The minimum Gasteiger partial charge on any atom is -0.398 e. The van der Waals surface area contributed by atoms with E-state index in [1.165, 1.54) is 0 Å². The number of rotatable bonds is 4. The van der Waals surface area contributed by atoms with Crippen LogP contribution in [0.3, 0.4) is 0 Å². The summed E-state index contributed by atoms with van der Waals surface area (Å²) in [5, 5.41) is 0. The normalized spacial score (nSPS) is 19.6. The minimum absolute atomic E-state index is 0.214. The zero-order valence-corrected chi connectivity index (χ0v) is 15.0. The van der Waals surface area contributed by atoms with Gasteiger partial charge in [0.25, 0.3) is 0 Å². The summed E-state index contributed by atoms with van der Waals surface area (Å²) in [4.78, 5) is 0.214. The first-order chi connectivity index (χ1) is 9.84. The predicted octanol–water partition coefficient (Wildman–Crippen LogP) is 3.62. The summed E-state index contributed by atoms with van der Waals surface area (Å²) in [5.74, 6) is 0. The maximum atomic E-state index is 12.7. The van der Waals surface area contributed by atoms with Gasteiger partial charge in [-0.25, -0.2) is 8.42 Å². The highest BCUT2D eigenvalue weighted by molar-refractivity contribution is 9.10. The van der Waals surface area contributed by atoms with Crippen LogP contribution >= 0.6 is 15.9 Å². The summed E-state index contributed by atoms with van der Waals surface area (Å²) in [6, 6.07) is 4.94. The fourth-order valence-electron chi connectivity index (χ4n) is 3.05. The standard InChI is InChI=1S/C15H23BrN2O2S/c1-3-15(4-2)7-9-18(10-8-15)21(19,20)14-6-5-12(16)11-13(14)17/h5-6,11H,3-4,7-10,17H2,1-2H3. The molecule has 21 heavy (non-hydrogen) atoms. The fraction of sp³-hybridized carbons (Fsp3) is 0.600. The van der Waals surface area contributed by atoms with Gasteiger partial charge in [-0.2, -0.15) is 4.31 Å². The first-order valence-electron chi connectivity index (χ1n) is 7.40. The van der Waals surface area contributed by atoms with Crippen LogP contribution in [-0.4, -0.2) is 25.8 Å². The summed E-state index contributed by atoms with van der Waals surface area (Å²) in [7, 11) is -3.49. The summed E-state index contributed by atoms with van der Waals surface area (Å²) >= 11 is 3.30. The average Bonchev–Trinajstić information content (AvgIpc) is 2.47. The molecular formula is C15H23BrN2O2S. The van der Waals surface area contributed by atoms with Gasteiger partial charge in [-0.05, 0) is 36.5 Å². The lowest BCUT2D eigenvalue weighted by Crippen LogP contribution is -2.42. The Balaban J connectivity index is 2.22. The molecule has 0 amide bonds. The Morgan fingerprint density at radius 2 is 1.81 bits per heavy atom. The van der Waals surface area contributed by atoms with E-state index in [1.807, 2.05) is 0 Å². The first kappa shape index (κ1) is 16.8. The second-order valence-electron chi connectivity index (χ2n) is 5.79. The lowest BCUT2D eigenvalue weighted by atomic mass is 9.75. The molecule has 1 heterocycles. The van der Waals surface area contributed by atoms with E-state index < -0.39 is 10.0 Å². The lowest BCUT2D eigenvalue weighted by molar-refractivity contribution is 0.141. The van der Waals surface area contributed by atoms with Gasteiger partial charge in [0.15, 0.2) is 0 Å². The Morgan fingerprint density at radius 3 is 2.29 bits per heavy atom. The Hall–Kier alpha value is -0.590. The summed E-state index contributed by atoms with van der Waals surface area (Å²) in [6.45, 7) is 5.56. The SMILES string of the molecule is CCC1(CC)CCN(S(=O)(=O)c2ccc(Br)cc2N)CC1. The quantitative estimate of drug-likeness (QED) is 0.818. The number of nitrogens with zero attached hydrogens (tertiary/aromatic N) is 1. The van der Waals surface area contributed by atoms with Gasteiger partial charge >= 0.3 is 0 Å². The van der Waals surface area contributed by atoms with Crippen molar-refractivity contribution < 1.29 is 8.42 Å². The van der Waals surface area contributed by atoms with Crippen molar-refractivity contribution in [2.45, 2.75) is 44.4 Å². The molecule has 0 aromatic heterocycles. The summed E-state index contributed by atoms with van der Waals surface area (Å²) in [5.41, 5.74) is 6.49. The molecule has 1 aliphatic heterocycles. The fourth-order valence-corrected chi connectivity index (χ4v) is 4.97. The molecule has 0 unspecified atom stereocenters. The number of hydrogen-bond acceptors (Lipinski definition) is 3. The zero-order valence-electron chi connectivity index (χ0n) is 12.6. The van der Waals surface area contributed by atoms with Crippen molar-refractivity contribution in [2.75, 3.05) is 18.8 Å². The van der Waals surface area contributed by atoms with Crippen LogP contribution in [0.1, 0.15) is 39.5 Å². The Labute approximate surface area is 135 Å². The van der Waals surface area contributed by atoms with Crippen molar-refractivity contribution in [3.63, 3.8) is 0 Å². The van der Waals surface area contributed by atoms with Crippen LogP contribution in [0.25, 0.3) is 0 Å². The van der Waals surface area contributed by atoms with E-state index in [1.54, 1.807) is 22.5 Å². The van der Waals surface area contributed by atoms with Gasteiger partial charge in [-0.3, -0.25) is 0 Å². The molecule has 1 aliphatic rings. The molecule has 118 valence electrons. The predicted molar refractivity (Wildman–Crippen MR) is 89.6 cm³/mol. The number of nitrogen functional groups attached to an aromatic ring is 1. The largest absolute Gasteiger partial charge is 0.398 e. The molecule has 1 aromatic rings. The number of hydrogen-bond donors (Lipinski definition) is 1. The molecule has 2 rings (SSSR count). The average molecular weight is 375 g/mol. The highest BCUT2D eigenvalue weighted by Crippen LogP contribution is 2.39. The highest BCUT2D eigenvalue weighted by Gasteiger charge is 2.36. The molecule has 0 atom stereocenters. The number of halogens is 1. The first-order valence-corrected chi connectivity index (χ1v) is 9.63. The molecular weight excluding hydrogens is 352 g/mol. The number of nitrogens with two attached hydrogens (primary N) is 1. The maximum Gasteiger partial charge on any atom is 0.245 e. The van der Waals surface area contributed by atoms with Gasteiger partial charge in [-0.15, -0.1) is 0 Å². The summed E-state index contributed by atoms with van der Waals surface area (Å²) < 4.78 is 27.8. The third-order valence-corrected chi connectivity index (χ3v) is 7.34. The van der Waals surface area contributed by atoms with Gasteiger partial charge in [0, 0.05) is 17.6 Å². The third-order valence-electron chi connectivity index (χ3n) is 4.87. The number of benzene rings is 1. The topological polar surface area (TPSA) is 63.4 Å². The molecule has 4 nitrogen and oxygen atoms in total. The van der Waals surface area contributed by atoms with Crippen LogP contribution in [0, 0.1) is 5.41 Å². The second-order valence-corrected chi connectivity index (χ2v) is 8.62. The van der Waals surface area contributed by atoms with E-state index in [0.29, 0.717) is 24.2 Å². The van der Waals surface area contributed by atoms with Crippen LogP contribution in [-0.2, 0) is 10.0 Å². The second kappa shape index (κ2) is 6.26. The number of piperidine rings is 1. The van der Waals surface area contributed by atoms with Crippen molar-refractivity contribution in [2.24, 2.45) is 5.41 Å². The van der Waals surface area contributed by atoms with E-state index in [-0.39, 0.29) is 4.90 Å². The van der Waals surface area contributed by atoms with Gasteiger partial charge in [-0.1, -0.05) is 42.6 Å². The molecule has 0 spiro atoms. The molecule has 6 heteroatoms. The van der Waals surface area contributed by atoms with Gasteiger partial charge in [0.2, 0.25) is 10.0 Å². The van der Waals surface area contributed by atoms with Crippen LogP contribution in [0.5, 0.6) is 0 Å². The van der Waals surface area contributed by atoms with Crippen molar-refractivity contribution in [1.29, 1.82) is 0 Å². The molecule has 0 aliphatic carbocycles. The Bertz CT molecular complexity index is 602. The zero-order chi connectivity index (χ0) is 15.7. The highest BCUT2D eigenvalue weighted by atomic mass is 79.9. The van der Waals surface area contributed by atoms with E-state index in [4.69, 9.17) is 5.73 Å². The van der Waals surface area contributed by atoms with Crippen molar-refractivity contribution in [3.05, 3.63) is 22.7 Å². The van der Waals surface area contributed by atoms with Gasteiger partial charge < -0.3 is 5.73 Å². The molecule has 0 bridgehead atoms. The number of sulfonamides is 1. The molecule has 0 radical (unpaired) electrons. The molecule has 0 saturated carbocycles. The molecule has 2 N–H and O–H groups in total. The lowest BCUT2D eigenvalue weighted by Gasteiger charge is -2.40. The van der Waals surface area contributed by atoms with E-state index >= 15 is 0 Å². The molecule has 1 fully saturated rings. The smallest absolute Gasteiger partial charge is 0.245 e. The van der Waals surface area contributed by atoms with Crippen molar-refractivity contribution in [1.82, 2.24) is 4.31 Å². The van der Waals surface area contributed by atoms with E-state index in [9.17, 15) is 8.42 Å². The summed E-state index contributed by atoms with van der Waals surface area (Å²) in [6.07, 6.45) is 4.07. The van der Waals surface area contributed by atoms with Crippen molar-refractivity contribution >= 4 is 31.6 Å². The third kappa shape index (κ3) is 3.27. The maximum absolute atomic E-state index is 12.7. The van der Waals surface area contributed by atoms with Gasteiger partial charge in [0.05, 0.1) is 5.69 Å².